The van der Waals surface area contributed by atoms with E-state index in [0.717, 1.165) is 5.56 Å². The molecule has 0 radical (unpaired) electrons. The van der Waals surface area contributed by atoms with Crippen molar-refractivity contribution >= 4 is 35.7 Å². The van der Waals surface area contributed by atoms with Crippen LogP contribution in [0.15, 0.2) is 35.4 Å². The van der Waals surface area contributed by atoms with Crippen molar-refractivity contribution in [1.82, 2.24) is 26.6 Å². The minimum absolute atomic E-state index is 0.0446. The average Bonchev–Trinajstić information content (AvgIpc) is 3.03. The molecule has 17 nitrogen and oxygen atoms in total. The predicted molar refractivity (Wildman–Crippen MR) is 179 cm³/mol. The van der Waals surface area contributed by atoms with E-state index in [9.17, 15) is 28.8 Å². The number of nitrogens with one attached hydrogen (secondary N) is 5. The van der Waals surface area contributed by atoms with Crippen LogP contribution < -0.4 is 26.6 Å². The molecule has 0 saturated heterocycles. The minimum Gasteiger partial charge on any atom is -0.460 e. The third kappa shape index (κ3) is 20.2. The van der Waals surface area contributed by atoms with Gasteiger partial charge in [-0.3, -0.25) is 24.0 Å². The Morgan fingerprint density at radius 1 is 0.857 bits per heavy atom. The number of esters is 1. The van der Waals surface area contributed by atoms with Gasteiger partial charge in [-0.1, -0.05) is 48.8 Å². The Labute approximate surface area is 286 Å². The molecule has 5 N–H and O–H groups in total. The molecule has 0 aromatic heterocycles. The van der Waals surface area contributed by atoms with Crippen molar-refractivity contribution in [3.05, 3.63) is 46.3 Å². The molecule has 0 heterocycles. The van der Waals surface area contributed by atoms with Crippen molar-refractivity contribution in [3.8, 4) is 0 Å². The zero-order chi connectivity index (χ0) is 36.7. The predicted octanol–water partition coefficient (Wildman–Crippen LogP) is 2.14. The number of carbonyl (C=O) groups is 6. The number of benzene rings is 1. The molecule has 1 aromatic rings. The molecule has 272 valence electrons. The standard InChI is InChI=1S/C32H50N8O9/c1-6-11-24(29(44)39-26(20-27(42)49-32(3,4)5)28(43)34-16-18-47-19-17-36-40-33)38-30(45)25(37-22(2)41)14-10-15-35-31(46)48-21-23-12-8-7-9-13-23/h7-9,12-13,24-26H,6,10-11,14-21H2,1-5H3,(H,34,43)(H,35,46)(H,37,41)(H,38,45)(H,39,44)/t24-,25+,26+/m1/s1. The summed E-state index contributed by atoms with van der Waals surface area (Å²) in [5.41, 5.74) is 8.31. The van der Waals surface area contributed by atoms with Crippen LogP contribution in [0.2, 0.25) is 0 Å². The maximum absolute atomic E-state index is 13.4. The second-order valence-electron chi connectivity index (χ2n) is 11.9. The Morgan fingerprint density at radius 2 is 1.51 bits per heavy atom. The van der Waals surface area contributed by atoms with E-state index in [1.54, 1.807) is 27.7 Å². The maximum Gasteiger partial charge on any atom is 0.407 e. The van der Waals surface area contributed by atoms with Crippen LogP contribution in [0.4, 0.5) is 4.79 Å². The zero-order valence-electron chi connectivity index (χ0n) is 28.9. The zero-order valence-corrected chi connectivity index (χ0v) is 28.9. The summed E-state index contributed by atoms with van der Waals surface area (Å²) in [6.07, 6.45) is 0.00461. The average molecular weight is 691 g/mol. The molecule has 0 saturated carbocycles. The van der Waals surface area contributed by atoms with E-state index >= 15 is 0 Å². The second-order valence-corrected chi connectivity index (χ2v) is 11.9. The highest BCUT2D eigenvalue weighted by Crippen LogP contribution is 2.10. The van der Waals surface area contributed by atoms with Gasteiger partial charge in [-0.15, -0.1) is 0 Å². The van der Waals surface area contributed by atoms with E-state index in [4.69, 9.17) is 19.7 Å². The topological polar surface area (TPSA) is 239 Å². The lowest BCUT2D eigenvalue weighted by Gasteiger charge is -2.26. The van der Waals surface area contributed by atoms with Gasteiger partial charge < -0.3 is 40.8 Å². The van der Waals surface area contributed by atoms with Crippen LogP contribution in [0.3, 0.4) is 0 Å². The molecule has 0 unspecified atom stereocenters. The smallest absolute Gasteiger partial charge is 0.407 e. The van der Waals surface area contributed by atoms with Crippen molar-refractivity contribution in [3.63, 3.8) is 0 Å². The van der Waals surface area contributed by atoms with Gasteiger partial charge in [0, 0.05) is 31.5 Å². The maximum atomic E-state index is 13.4. The highest BCUT2D eigenvalue weighted by Gasteiger charge is 2.31. The van der Waals surface area contributed by atoms with Gasteiger partial charge in [0.25, 0.3) is 0 Å². The molecule has 1 rings (SSSR count). The van der Waals surface area contributed by atoms with Gasteiger partial charge in [0.2, 0.25) is 23.6 Å². The quantitative estimate of drug-likeness (QED) is 0.0393. The van der Waals surface area contributed by atoms with Crippen molar-refractivity contribution in [2.45, 2.75) is 97.1 Å². The first-order valence-electron chi connectivity index (χ1n) is 16.2. The second kappa shape index (κ2) is 23.4. The molecule has 0 aliphatic heterocycles. The van der Waals surface area contributed by atoms with Crippen LogP contribution >= 0.6 is 0 Å². The van der Waals surface area contributed by atoms with Crippen LogP contribution in [0.25, 0.3) is 10.4 Å². The monoisotopic (exact) mass is 690 g/mol. The van der Waals surface area contributed by atoms with Crippen LogP contribution in [0.1, 0.15) is 72.3 Å². The molecule has 0 bridgehead atoms. The number of azide groups is 1. The van der Waals surface area contributed by atoms with Crippen LogP contribution in [-0.4, -0.2) is 92.3 Å². The fourth-order valence-corrected chi connectivity index (χ4v) is 4.27. The first-order chi connectivity index (χ1) is 23.2. The summed E-state index contributed by atoms with van der Waals surface area (Å²) in [5.74, 6) is -3.22. The number of carbonyl (C=O) groups excluding carboxylic acids is 6. The Morgan fingerprint density at radius 3 is 2.12 bits per heavy atom. The van der Waals surface area contributed by atoms with Gasteiger partial charge in [0.15, 0.2) is 0 Å². The normalized spacial score (nSPS) is 12.6. The summed E-state index contributed by atoms with van der Waals surface area (Å²) < 4.78 is 15.8. The number of hydrogen-bond acceptors (Lipinski definition) is 10. The van der Waals surface area contributed by atoms with E-state index in [0.29, 0.717) is 12.8 Å². The van der Waals surface area contributed by atoms with Crippen molar-refractivity contribution in [2.75, 3.05) is 32.8 Å². The molecule has 1 aromatic carbocycles. The van der Waals surface area contributed by atoms with E-state index in [1.807, 2.05) is 30.3 Å². The molecular weight excluding hydrogens is 640 g/mol. The molecule has 0 spiro atoms. The van der Waals surface area contributed by atoms with Gasteiger partial charge in [-0.2, -0.15) is 0 Å². The fourth-order valence-electron chi connectivity index (χ4n) is 4.27. The molecule has 0 aliphatic carbocycles. The number of nitrogens with zero attached hydrogens (tertiary/aromatic N) is 3. The largest absolute Gasteiger partial charge is 0.460 e. The van der Waals surface area contributed by atoms with E-state index < -0.39 is 65.8 Å². The molecule has 5 amide bonds. The fraction of sp³-hybridized carbons (Fsp3) is 0.625. The van der Waals surface area contributed by atoms with E-state index in [2.05, 4.69) is 36.6 Å². The number of rotatable bonds is 22. The molecule has 0 aliphatic rings. The third-order valence-corrected chi connectivity index (χ3v) is 6.42. The summed E-state index contributed by atoms with van der Waals surface area (Å²) in [6, 6.07) is 5.70. The molecule has 0 fully saturated rings. The van der Waals surface area contributed by atoms with Gasteiger partial charge in [-0.05, 0) is 51.1 Å². The number of amides is 5. The third-order valence-electron chi connectivity index (χ3n) is 6.42. The Hall–Kier alpha value is -4.89. The highest BCUT2D eigenvalue weighted by molar-refractivity contribution is 5.95. The summed E-state index contributed by atoms with van der Waals surface area (Å²) >= 11 is 0. The summed E-state index contributed by atoms with van der Waals surface area (Å²) in [6.45, 7) is 8.70. The van der Waals surface area contributed by atoms with Crippen molar-refractivity contribution in [1.29, 1.82) is 0 Å². The Bertz CT molecular complexity index is 1270. The van der Waals surface area contributed by atoms with Crippen molar-refractivity contribution < 1.29 is 43.0 Å². The van der Waals surface area contributed by atoms with Gasteiger partial charge in [0.05, 0.1) is 19.6 Å². The van der Waals surface area contributed by atoms with Gasteiger partial charge in [-0.25, -0.2) is 4.79 Å². The Balaban J connectivity index is 2.84. The van der Waals surface area contributed by atoms with E-state index in [-0.39, 0.29) is 52.3 Å². The van der Waals surface area contributed by atoms with Crippen LogP contribution in [0.5, 0.6) is 0 Å². The number of alkyl carbamates (subject to hydrolysis) is 1. The summed E-state index contributed by atoms with van der Waals surface area (Å²) in [4.78, 5) is 78.9. The van der Waals surface area contributed by atoms with Crippen molar-refractivity contribution in [2.24, 2.45) is 5.11 Å². The summed E-state index contributed by atoms with van der Waals surface area (Å²) in [7, 11) is 0. The minimum atomic E-state index is -1.33. The lowest BCUT2D eigenvalue weighted by atomic mass is 10.1. The van der Waals surface area contributed by atoms with E-state index in [1.165, 1.54) is 6.92 Å². The van der Waals surface area contributed by atoms with Gasteiger partial charge >= 0.3 is 12.1 Å². The lowest BCUT2D eigenvalue weighted by Crippen LogP contribution is -2.57. The molecular formula is C32H50N8O9. The highest BCUT2D eigenvalue weighted by atomic mass is 16.6. The van der Waals surface area contributed by atoms with Gasteiger partial charge in [0.1, 0.15) is 30.3 Å². The molecule has 3 atom stereocenters. The number of ether oxygens (including phenoxy) is 3. The molecule has 17 heteroatoms. The summed E-state index contributed by atoms with van der Waals surface area (Å²) in [5, 5.41) is 16.3. The molecule has 49 heavy (non-hydrogen) atoms. The number of hydrogen-bond donors (Lipinski definition) is 5. The SMILES string of the molecule is CCC[C@@H](NC(=O)[C@H](CCCNC(=O)OCc1ccccc1)NC(C)=O)C(=O)N[C@@H](CC(=O)OC(C)(C)C)C(=O)NCCOCCN=[N+]=[N-]. The first kappa shape index (κ1) is 42.1. The lowest BCUT2D eigenvalue weighted by molar-refractivity contribution is -0.156. The Kier molecular flexibility index (Phi) is 20.2. The van der Waals surface area contributed by atoms with Crippen LogP contribution in [-0.2, 0) is 44.8 Å². The first-order valence-corrected chi connectivity index (χ1v) is 16.2. The van der Waals surface area contributed by atoms with Crippen LogP contribution in [0, 0.1) is 0 Å².